The Morgan fingerprint density at radius 2 is 1.62 bits per heavy atom. The number of rotatable bonds is 8. The highest BCUT2D eigenvalue weighted by atomic mass is 32.2. The van der Waals surface area contributed by atoms with E-state index in [1.54, 1.807) is 6.07 Å². The lowest BCUT2D eigenvalue weighted by Crippen LogP contribution is -2.18. The molecular formula is C18H18F2N2O3S. The molecule has 138 valence electrons. The van der Waals surface area contributed by atoms with E-state index in [-0.39, 0.29) is 29.1 Å². The molecule has 0 saturated heterocycles. The van der Waals surface area contributed by atoms with Gasteiger partial charge in [-0.25, -0.2) is 0 Å². The van der Waals surface area contributed by atoms with Gasteiger partial charge in [0.25, 0.3) is 0 Å². The summed E-state index contributed by atoms with van der Waals surface area (Å²) in [5.41, 5.74) is 2.22. The van der Waals surface area contributed by atoms with E-state index < -0.39 is 6.61 Å². The standard InChI is InChI=1S/C18H18F2N2O3S/c1-12-3-2-4-14(9-12)22-17(24)11-26-10-16(23)21-13-5-7-15(8-6-13)25-18(19)20/h2-9,18H,10-11H2,1H3,(H,21,23)(H,22,24). The SMILES string of the molecule is Cc1cccc(NC(=O)CSCC(=O)Nc2ccc(OC(F)F)cc2)c1. The zero-order valence-electron chi connectivity index (χ0n) is 14.0. The van der Waals surface area contributed by atoms with Crippen molar-refractivity contribution in [2.24, 2.45) is 0 Å². The van der Waals surface area contributed by atoms with Crippen LogP contribution in [0.4, 0.5) is 20.2 Å². The quantitative estimate of drug-likeness (QED) is 0.729. The minimum atomic E-state index is -2.89. The van der Waals surface area contributed by atoms with Gasteiger partial charge in [0.15, 0.2) is 0 Å². The molecule has 26 heavy (non-hydrogen) atoms. The predicted molar refractivity (Wildman–Crippen MR) is 98.8 cm³/mol. The fourth-order valence-corrected chi connectivity index (χ4v) is 2.69. The number of thioether (sulfide) groups is 1. The minimum Gasteiger partial charge on any atom is -0.435 e. The van der Waals surface area contributed by atoms with Crippen LogP contribution in [-0.2, 0) is 9.59 Å². The van der Waals surface area contributed by atoms with Gasteiger partial charge in [-0.2, -0.15) is 8.78 Å². The van der Waals surface area contributed by atoms with Crippen molar-refractivity contribution in [2.45, 2.75) is 13.5 Å². The van der Waals surface area contributed by atoms with Crippen LogP contribution in [0, 0.1) is 6.92 Å². The van der Waals surface area contributed by atoms with Crippen molar-refractivity contribution in [2.75, 3.05) is 22.1 Å². The first-order valence-corrected chi connectivity index (χ1v) is 8.87. The van der Waals surface area contributed by atoms with Gasteiger partial charge < -0.3 is 15.4 Å². The molecule has 0 aliphatic heterocycles. The number of halogens is 2. The number of benzene rings is 2. The maximum Gasteiger partial charge on any atom is 0.387 e. The van der Waals surface area contributed by atoms with Crippen molar-refractivity contribution >= 4 is 35.0 Å². The van der Waals surface area contributed by atoms with Crippen LogP contribution in [0.1, 0.15) is 5.56 Å². The van der Waals surface area contributed by atoms with E-state index in [9.17, 15) is 18.4 Å². The van der Waals surface area contributed by atoms with Crippen LogP contribution >= 0.6 is 11.8 Å². The zero-order valence-corrected chi connectivity index (χ0v) is 14.8. The second kappa shape index (κ2) is 9.76. The van der Waals surface area contributed by atoms with Gasteiger partial charge in [-0.1, -0.05) is 12.1 Å². The number of anilines is 2. The van der Waals surface area contributed by atoms with Gasteiger partial charge in [0, 0.05) is 11.4 Å². The number of carbonyl (C=O) groups excluding carboxylic acids is 2. The third kappa shape index (κ3) is 7.10. The van der Waals surface area contributed by atoms with Crippen LogP contribution < -0.4 is 15.4 Å². The van der Waals surface area contributed by atoms with Gasteiger partial charge in [-0.05, 0) is 48.9 Å². The summed E-state index contributed by atoms with van der Waals surface area (Å²) in [6, 6.07) is 13.0. The molecule has 2 aromatic carbocycles. The number of hydrogen-bond acceptors (Lipinski definition) is 4. The normalized spacial score (nSPS) is 10.5. The monoisotopic (exact) mass is 380 g/mol. The largest absolute Gasteiger partial charge is 0.435 e. The van der Waals surface area contributed by atoms with E-state index in [1.165, 1.54) is 36.0 Å². The zero-order chi connectivity index (χ0) is 18.9. The van der Waals surface area contributed by atoms with Gasteiger partial charge in [0.1, 0.15) is 5.75 Å². The van der Waals surface area contributed by atoms with Crippen molar-refractivity contribution in [1.82, 2.24) is 0 Å². The molecular weight excluding hydrogens is 362 g/mol. The second-order valence-corrected chi connectivity index (χ2v) is 6.35. The lowest BCUT2D eigenvalue weighted by atomic mass is 10.2. The van der Waals surface area contributed by atoms with Crippen molar-refractivity contribution in [1.29, 1.82) is 0 Å². The maximum atomic E-state index is 12.1. The molecule has 2 N–H and O–H groups in total. The van der Waals surface area contributed by atoms with Gasteiger partial charge in [-0.3, -0.25) is 9.59 Å². The van der Waals surface area contributed by atoms with Crippen molar-refractivity contribution in [3.05, 3.63) is 54.1 Å². The molecule has 2 amide bonds. The third-order valence-electron chi connectivity index (χ3n) is 3.13. The summed E-state index contributed by atoms with van der Waals surface area (Å²) in [6.45, 7) is -0.959. The number of nitrogens with one attached hydrogen (secondary N) is 2. The molecule has 0 aliphatic rings. The van der Waals surface area contributed by atoms with Crippen LogP contribution in [0.25, 0.3) is 0 Å². The first-order valence-electron chi connectivity index (χ1n) is 7.71. The maximum absolute atomic E-state index is 12.1. The summed E-state index contributed by atoms with van der Waals surface area (Å²) in [4.78, 5) is 23.7. The fourth-order valence-electron chi connectivity index (χ4n) is 2.07. The Balaban J connectivity index is 1.70. The van der Waals surface area contributed by atoms with E-state index in [4.69, 9.17) is 0 Å². The molecule has 0 fully saturated rings. The number of aryl methyl sites for hydroxylation is 1. The first-order chi connectivity index (χ1) is 12.4. The van der Waals surface area contributed by atoms with Crippen LogP contribution in [0.15, 0.2) is 48.5 Å². The van der Waals surface area contributed by atoms with Crippen LogP contribution in [0.3, 0.4) is 0 Å². The van der Waals surface area contributed by atoms with Gasteiger partial charge >= 0.3 is 6.61 Å². The Morgan fingerprint density at radius 3 is 2.19 bits per heavy atom. The number of hydrogen-bond donors (Lipinski definition) is 2. The fraction of sp³-hybridized carbons (Fsp3) is 0.222. The molecule has 0 heterocycles. The van der Waals surface area contributed by atoms with E-state index in [0.717, 1.165) is 5.56 Å². The molecule has 8 heteroatoms. The van der Waals surface area contributed by atoms with Crippen molar-refractivity contribution in [3.8, 4) is 5.75 Å². The molecule has 0 atom stereocenters. The van der Waals surface area contributed by atoms with Crippen molar-refractivity contribution < 1.29 is 23.1 Å². The summed E-state index contributed by atoms with van der Waals surface area (Å²) in [5.74, 6) is -0.234. The summed E-state index contributed by atoms with van der Waals surface area (Å²) < 4.78 is 28.4. The summed E-state index contributed by atoms with van der Waals surface area (Å²) >= 11 is 1.18. The Bertz CT molecular complexity index is 754. The number of carbonyl (C=O) groups is 2. The molecule has 0 aliphatic carbocycles. The Kier molecular flexibility index (Phi) is 7.40. The third-order valence-corrected chi connectivity index (χ3v) is 4.06. The molecule has 2 aromatic rings. The second-order valence-electron chi connectivity index (χ2n) is 5.36. The van der Waals surface area contributed by atoms with Gasteiger partial charge in [0.2, 0.25) is 11.8 Å². The summed E-state index contributed by atoms with van der Waals surface area (Å²) in [5, 5.41) is 5.38. The predicted octanol–water partition coefficient (Wildman–Crippen LogP) is 3.91. The first kappa shape index (κ1) is 19.7. The summed E-state index contributed by atoms with van der Waals surface area (Å²) in [6.07, 6.45) is 0. The molecule has 0 radical (unpaired) electrons. The van der Waals surface area contributed by atoms with E-state index >= 15 is 0 Å². The summed E-state index contributed by atoms with van der Waals surface area (Å²) in [7, 11) is 0. The molecule has 0 bridgehead atoms. The highest BCUT2D eigenvalue weighted by Crippen LogP contribution is 2.18. The van der Waals surface area contributed by atoms with E-state index in [2.05, 4.69) is 15.4 Å². The molecule has 0 unspecified atom stereocenters. The van der Waals surface area contributed by atoms with Crippen LogP contribution in [0.2, 0.25) is 0 Å². The number of amides is 2. The highest BCUT2D eigenvalue weighted by molar-refractivity contribution is 8.00. The molecule has 0 saturated carbocycles. The van der Waals surface area contributed by atoms with Gasteiger partial charge in [-0.15, -0.1) is 11.8 Å². The van der Waals surface area contributed by atoms with Gasteiger partial charge in [0.05, 0.1) is 11.5 Å². The molecule has 0 spiro atoms. The Morgan fingerprint density at radius 1 is 1.00 bits per heavy atom. The van der Waals surface area contributed by atoms with Crippen LogP contribution in [0.5, 0.6) is 5.75 Å². The lowest BCUT2D eigenvalue weighted by Gasteiger charge is -2.08. The average Bonchev–Trinajstić information content (AvgIpc) is 2.56. The lowest BCUT2D eigenvalue weighted by molar-refractivity contribution is -0.114. The smallest absolute Gasteiger partial charge is 0.387 e. The average molecular weight is 380 g/mol. The Labute approximate surface area is 154 Å². The highest BCUT2D eigenvalue weighted by Gasteiger charge is 2.08. The van der Waals surface area contributed by atoms with Crippen molar-refractivity contribution in [3.63, 3.8) is 0 Å². The number of ether oxygens (including phenoxy) is 1. The Hall–Kier alpha value is -2.61. The molecule has 0 aromatic heterocycles. The number of alkyl halides is 2. The topological polar surface area (TPSA) is 67.4 Å². The van der Waals surface area contributed by atoms with E-state index in [1.807, 2.05) is 25.1 Å². The minimum absolute atomic E-state index is 0.0141. The van der Waals surface area contributed by atoms with Crippen LogP contribution in [-0.4, -0.2) is 29.9 Å². The molecule has 5 nitrogen and oxygen atoms in total. The molecule has 2 rings (SSSR count). The van der Waals surface area contributed by atoms with E-state index in [0.29, 0.717) is 11.4 Å².